The van der Waals surface area contributed by atoms with Gasteiger partial charge in [0.05, 0.1) is 6.54 Å². The Kier molecular flexibility index (Phi) is 3.20. The summed E-state index contributed by atoms with van der Waals surface area (Å²) >= 11 is 6.15. The Bertz CT molecular complexity index is 680. The molecular weight excluding hydrogens is 262 g/mol. The molecular formula is C13H10ClN5. The van der Waals surface area contributed by atoms with E-state index in [9.17, 15) is 0 Å². The normalized spacial score (nSPS) is 10.6. The smallest absolute Gasteiger partial charge is 0.183 e. The number of rotatable bonds is 3. The maximum atomic E-state index is 6.15. The third-order valence-electron chi connectivity index (χ3n) is 2.73. The highest BCUT2D eigenvalue weighted by Gasteiger charge is 2.10. The number of nitrogens with zero attached hydrogens (tertiary/aromatic N) is 5. The minimum atomic E-state index is 0.525. The van der Waals surface area contributed by atoms with E-state index in [1.807, 2.05) is 36.4 Å². The van der Waals surface area contributed by atoms with E-state index in [1.54, 1.807) is 17.1 Å². The van der Waals surface area contributed by atoms with Gasteiger partial charge in [-0.25, -0.2) is 4.68 Å². The second kappa shape index (κ2) is 5.16. The number of hydrogen-bond donors (Lipinski definition) is 0. The first kappa shape index (κ1) is 11.8. The fourth-order valence-electron chi connectivity index (χ4n) is 1.80. The average Bonchev–Trinajstić information content (AvgIpc) is 2.91. The molecule has 3 rings (SSSR count). The second-order valence-corrected chi connectivity index (χ2v) is 4.40. The largest absolute Gasteiger partial charge is 0.264 e. The highest BCUT2D eigenvalue weighted by Crippen LogP contribution is 2.19. The maximum Gasteiger partial charge on any atom is 0.183 e. The van der Waals surface area contributed by atoms with E-state index in [4.69, 9.17) is 11.6 Å². The summed E-state index contributed by atoms with van der Waals surface area (Å²) in [5.41, 5.74) is 1.85. The van der Waals surface area contributed by atoms with Crippen LogP contribution in [0.2, 0.25) is 5.02 Å². The van der Waals surface area contributed by atoms with Crippen molar-refractivity contribution >= 4 is 11.6 Å². The van der Waals surface area contributed by atoms with Gasteiger partial charge in [-0.1, -0.05) is 29.8 Å². The van der Waals surface area contributed by atoms with Gasteiger partial charge in [-0.05, 0) is 34.2 Å². The topological polar surface area (TPSA) is 56.5 Å². The average molecular weight is 272 g/mol. The molecule has 6 heteroatoms. The van der Waals surface area contributed by atoms with Crippen LogP contribution in [0.3, 0.4) is 0 Å². The van der Waals surface area contributed by atoms with Crippen LogP contribution in [0.25, 0.3) is 11.4 Å². The molecule has 94 valence electrons. The van der Waals surface area contributed by atoms with Gasteiger partial charge < -0.3 is 0 Å². The van der Waals surface area contributed by atoms with Crippen LogP contribution in [0.15, 0.2) is 48.8 Å². The van der Waals surface area contributed by atoms with Crippen LogP contribution < -0.4 is 0 Å². The number of pyridine rings is 1. The van der Waals surface area contributed by atoms with E-state index < -0.39 is 0 Å². The third-order valence-corrected chi connectivity index (χ3v) is 3.10. The molecule has 2 heterocycles. The Morgan fingerprint density at radius 1 is 1.11 bits per heavy atom. The lowest BCUT2D eigenvalue weighted by molar-refractivity contribution is 0.653. The van der Waals surface area contributed by atoms with Gasteiger partial charge in [0.25, 0.3) is 0 Å². The van der Waals surface area contributed by atoms with E-state index in [0.29, 0.717) is 17.4 Å². The van der Waals surface area contributed by atoms with Gasteiger partial charge >= 0.3 is 0 Å². The first-order valence-electron chi connectivity index (χ1n) is 5.74. The number of halogens is 1. The van der Waals surface area contributed by atoms with Crippen molar-refractivity contribution in [1.82, 2.24) is 25.2 Å². The molecule has 0 spiro atoms. The molecule has 0 amide bonds. The Morgan fingerprint density at radius 2 is 2.00 bits per heavy atom. The summed E-state index contributed by atoms with van der Waals surface area (Å²) < 4.78 is 1.71. The summed E-state index contributed by atoms with van der Waals surface area (Å²) in [4.78, 5) is 4.07. The zero-order chi connectivity index (χ0) is 13.1. The molecule has 0 atom stereocenters. The molecule has 0 saturated carbocycles. The van der Waals surface area contributed by atoms with Gasteiger partial charge in [0, 0.05) is 23.0 Å². The molecule has 0 unspecified atom stereocenters. The van der Waals surface area contributed by atoms with Crippen molar-refractivity contribution in [2.24, 2.45) is 0 Å². The summed E-state index contributed by atoms with van der Waals surface area (Å²) in [5.74, 6) is 0.674. The molecule has 0 N–H and O–H groups in total. The van der Waals surface area contributed by atoms with Gasteiger partial charge in [0.1, 0.15) is 0 Å². The zero-order valence-corrected chi connectivity index (χ0v) is 10.7. The third kappa shape index (κ3) is 2.46. The highest BCUT2D eigenvalue weighted by atomic mass is 35.5. The molecule has 0 aliphatic heterocycles. The first-order valence-corrected chi connectivity index (χ1v) is 6.12. The molecule has 5 nitrogen and oxygen atoms in total. The van der Waals surface area contributed by atoms with Gasteiger partial charge in [0.2, 0.25) is 0 Å². The predicted octanol–water partition coefficient (Wildman–Crippen LogP) is 2.44. The van der Waals surface area contributed by atoms with Crippen molar-refractivity contribution in [1.29, 1.82) is 0 Å². The molecule has 0 fully saturated rings. The van der Waals surface area contributed by atoms with Crippen LogP contribution >= 0.6 is 11.6 Å². The quantitative estimate of drug-likeness (QED) is 0.734. The molecule has 0 bridgehead atoms. The Hall–Kier alpha value is -2.27. The van der Waals surface area contributed by atoms with Gasteiger partial charge in [-0.2, -0.15) is 0 Å². The van der Waals surface area contributed by atoms with E-state index in [2.05, 4.69) is 20.5 Å². The summed E-state index contributed by atoms with van der Waals surface area (Å²) in [6, 6.07) is 11.4. The minimum absolute atomic E-state index is 0.525. The lowest BCUT2D eigenvalue weighted by Gasteiger charge is -2.06. The van der Waals surface area contributed by atoms with Crippen LogP contribution in [-0.4, -0.2) is 25.2 Å². The van der Waals surface area contributed by atoms with Crippen molar-refractivity contribution in [3.05, 3.63) is 59.4 Å². The zero-order valence-electron chi connectivity index (χ0n) is 9.94. The summed E-state index contributed by atoms with van der Waals surface area (Å²) in [6.07, 6.45) is 3.44. The van der Waals surface area contributed by atoms with Crippen molar-refractivity contribution in [3.63, 3.8) is 0 Å². The fraction of sp³-hybridized carbons (Fsp3) is 0.0769. The summed E-state index contributed by atoms with van der Waals surface area (Å²) in [5, 5.41) is 12.4. The number of aromatic nitrogens is 5. The van der Waals surface area contributed by atoms with Crippen molar-refractivity contribution < 1.29 is 0 Å². The second-order valence-electron chi connectivity index (χ2n) is 3.99. The van der Waals surface area contributed by atoms with Crippen molar-refractivity contribution in [3.8, 4) is 11.4 Å². The summed E-state index contributed by atoms with van der Waals surface area (Å²) in [6.45, 7) is 0.525. The molecule has 19 heavy (non-hydrogen) atoms. The van der Waals surface area contributed by atoms with E-state index >= 15 is 0 Å². The lowest BCUT2D eigenvalue weighted by atomic mass is 10.2. The van der Waals surface area contributed by atoms with E-state index in [0.717, 1.165) is 11.1 Å². The maximum absolute atomic E-state index is 6.15. The number of tetrazole rings is 1. The van der Waals surface area contributed by atoms with Crippen LogP contribution in [-0.2, 0) is 6.54 Å². The van der Waals surface area contributed by atoms with Crippen molar-refractivity contribution in [2.45, 2.75) is 6.54 Å². The Morgan fingerprint density at radius 3 is 2.79 bits per heavy atom. The lowest BCUT2D eigenvalue weighted by Crippen LogP contribution is -2.05. The molecule has 0 aliphatic carbocycles. The standard InChI is InChI=1S/C13H10ClN5/c14-12-6-2-1-4-11(12)9-19-13(16-17-18-19)10-5-3-7-15-8-10/h1-8H,9H2. The molecule has 0 saturated heterocycles. The van der Waals surface area contributed by atoms with Crippen molar-refractivity contribution in [2.75, 3.05) is 0 Å². The summed E-state index contributed by atoms with van der Waals surface area (Å²) in [7, 11) is 0. The molecule has 3 aromatic rings. The van der Waals surface area contributed by atoms with Crippen LogP contribution in [0.5, 0.6) is 0 Å². The Labute approximate surface area is 114 Å². The predicted molar refractivity (Wildman–Crippen MR) is 71.6 cm³/mol. The van der Waals surface area contributed by atoms with E-state index in [-0.39, 0.29) is 0 Å². The van der Waals surface area contributed by atoms with Crippen LogP contribution in [0, 0.1) is 0 Å². The fourth-order valence-corrected chi connectivity index (χ4v) is 2.00. The minimum Gasteiger partial charge on any atom is -0.264 e. The van der Waals surface area contributed by atoms with Gasteiger partial charge in [-0.3, -0.25) is 4.98 Å². The number of hydrogen-bond acceptors (Lipinski definition) is 4. The molecule has 2 aromatic heterocycles. The highest BCUT2D eigenvalue weighted by molar-refractivity contribution is 6.31. The molecule has 0 aliphatic rings. The molecule has 0 radical (unpaired) electrons. The van der Waals surface area contributed by atoms with E-state index in [1.165, 1.54) is 0 Å². The monoisotopic (exact) mass is 271 g/mol. The van der Waals surface area contributed by atoms with Crippen LogP contribution in [0.1, 0.15) is 5.56 Å². The number of benzene rings is 1. The van der Waals surface area contributed by atoms with Gasteiger partial charge in [0.15, 0.2) is 5.82 Å². The SMILES string of the molecule is Clc1ccccc1Cn1nnnc1-c1cccnc1. The van der Waals surface area contributed by atoms with Gasteiger partial charge in [-0.15, -0.1) is 5.10 Å². The van der Waals surface area contributed by atoms with Crippen LogP contribution in [0.4, 0.5) is 0 Å². The Balaban J connectivity index is 1.96. The first-order chi connectivity index (χ1) is 9.34. The molecule has 1 aromatic carbocycles.